The quantitative estimate of drug-likeness (QED) is 0.346. The molecular formula is C7H7ClLiNO3S. The van der Waals surface area contributed by atoms with Gasteiger partial charge in [0.2, 0.25) is 0 Å². The Kier molecular flexibility index (Phi) is 4.50. The molecule has 7 heteroatoms. The van der Waals surface area contributed by atoms with Crippen LogP contribution < -0.4 is 24.6 Å². The smallest absolute Gasteiger partial charge is 0.744 e. The molecule has 0 bridgehead atoms. The van der Waals surface area contributed by atoms with Gasteiger partial charge in [0.15, 0.2) is 0 Å². The summed E-state index contributed by atoms with van der Waals surface area (Å²) in [7, 11) is -4.53. The molecule has 4 nitrogen and oxygen atoms in total. The number of halogens is 1. The zero-order chi connectivity index (χ0) is 10.2. The Balaban J connectivity index is 0.00000169. The number of anilines is 1. The first-order chi connectivity index (χ1) is 5.82. The average Bonchev–Trinajstić information content (AvgIpc) is 1.94. The molecule has 1 aromatic carbocycles. The van der Waals surface area contributed by atoms with E-state index in [1.165, 1.54) is 6.07 Å². The Morgan fingerprint density at radius 2 is 1.93 bits per heavy atom. The summed E-state index contributed by atoms with van der Waals surface area (Å²) < 4.78 is 31.9. The minimum absolute atomic E-state index is 0. The molecule has 0 aliphatic heterocycles. The molecule has 0 heterocycles. The van der Waals surface area contributed by atoms with Gasteiger partial charge in [-0.2, -0.15) is 0 Å². The molecule has 0 atom stereocenters. The molecule has 0 fully saturated rings. The van der Waals surface area contributed by atoms with Gasteiger partial charge in [-0.15, -0.1) is 0 Å². The van der Waals surface area contributed by atoms with Gasteiger partial charge in [0, 0.05) is 5.69 Å². The predicted molar refractivity (Wildman–Crippen MR) is 48.6 cm³/mol. The molecule has 0 aliphatic rings. The molecule has 72 valence electrons. The van der Waals surface area contributed by atoms with Crippen molar-refractivity contribution in [3.63, 3.8) is 0 Å². The largest absolute Gasteiger partial charge is 1.00 e. The second-order valence-corrected chi connectivity index (χ2v) is 4.35. The minimum atomic E-state index is -4.53. The number of hydrogen-bond acceptors (Lipinski definition) is 4. The van der Waals surface area contributed by atoms with Gasteiger partial charge in [-0.3, -0.25) is 0 Å². The van der Waals surface area contributed by atoms with Crippen molar-refractivity contribution >= 4 is 27.4 Å². The fourth-order valence-corrected chi connectivity index (χ4v) is 1.93. The first-order valence-corrected chi connectivity index (χ1v) is 5.12. The molecule has 0 aliphatic carbocycles. The van der Waals surface area contributed by atoms with Crippen molar-refractivity contribution in [3.05, 3.63) is 22.7 Å². The van der Waals surface area contributed by atoms with Crippen molar-refractivity contribution in [2.45, 2.75) is 11.8 Å². The van der Waals surface area contributed by atoms with Crippen molar-refractivity contribution < 1.29 is 31.8 Å². The van der Waals surface area contributed by atoms with Crippen LogP contribution >= 0.6 is 11.6 Å². The van der Waals surface area contributed by atoms with Crippen molar-refractivity contribution in [1.82, 2.24) is 0 Å². The second-order valence-electron chi connectivity index (χ2n) is 2.59. The summed E-state index contributed by atoms with van der Waals surface area (Å²) in [6.45, 7) is 1.67. The zero-order valence-corrected chi connectivity index (χ0v) is 9.32. The Hall–Kier alpha value is -0.183. The summed E-state index contributed by atoms with van der Waals surface area (Å²) in [6.07, 6.45) is 0. The number of nitrogen functional groups attached to an aromatic ring is 1. The van der Waals surface area contributed by atoms with Crippen LogP contribution in [0.3, 0.4) is 0 Å². The van der Waals surface area contributed by atoms with Crippen LogP contribution in [0, 0.1) is 6.92 Å². The first kappa shape index (κ1) is 13.8. The third-order valence-corrected chi connectivity index (χ3v) is 2.89. The van der Waals surface area contributed by atoms with Crippen LogP contribution in [0.25, 0.3) is 0 Å². The van der Waals surface area contributed by atoms with E-state index in [1.54, 1.807) is 6.92 Å². The maximum atomic E-state index is 10.6. The predicted octanol–water partition coefficient (Wildman–Crippen LogP) is -1.86. The van der Waals surface area contributed by atoms with E-state index in [-0.39, 0.29) is 29.6 Å². The zero-order valence-electron chi connectivity index (χ0n) is 7.74. The van der Waals surface area contributed by atoms with Crippen LogP contribution in [-0.4, -0.2) is 13.0 Å². The number of benzene rings is 1. The number of nitrogens with two attached hydrogens (primary N) is 1. The number of aryl methyl sites for hydroxylation is 1. The van der Waals surface area contributed by atoms with Gasteiger partial charge in [-0.05, 0) is 24.6 Å². The van der Waals surface area contributed by atoms with E-state index in [1.807, 2.05) is 0 Å². The Bertz CT molecular complexity index is 446. The standard InChI is InChI=1S/C7H8ClNO3S.Li/c1-4-2-5(8)7(3-6(4)9)13(10,11)12;/h2-3H,9H2,1H3,(H,10,11,12);/q;+1/p-1. The van der Waals surface area contributed by atoms with Crippen LogP contribution in [0.2, 0.25) is 5.02 Å². The van der Waals surface area contributed by atoms with Gasteiger partial charge in [0.1, 0.15) is 10.1 Å². The van der Waals surface area contributed by atoms with Crippen LogP contribution in [0.1, 0.15) is 5.56 Å². The maximum Gasteiger partial charge on any atom is 1.00 e. The number of rotatable bonds is 1. The van der Waals surface area contributed by atoms with E-state index < -0.39 is 15.0 Å². The Labute approximate surface area is 99.4 Å². The van der Waals surface area contributed by atoms with E-state index in [2.05, 4.69) is 0 Å². The Morgan fingerprint density at radius 1 is 1.43 bits per heavy atom. The monoisotopic (exact) mass is 227 g/mol. The molecule has 1 aromatic rings. The van der Waals surface area contributed by atoms with Crippen molar-refractivity contribution in [1.29, 1.82) is 0 Å². The molecule has 0 spiro atoms. The summed E-state index contributed by atoms with van der Waals surface area (Å²) in [6, 6.07) is 2.42. The SMILES string of the molecule is Cc1cc(Cl)c(S(=O)(=O)[O-])cc1N.[Li+]. The molecule has 0 saturated carbocycles. The summed E-state index contributed by atoms with van der Waals surface area (Å²) in [5, 5.41) is -0.0956. The molecule has 0 aromatic heterocycles. The van der Waals surface area contributed by atoms with Gasteiger partial charge >= 0.3 is 18.9 Å². The first-order valence-electron chi connectivity index (χ1n) is 3.34. The molecule has 0 saturated heterocycles. The van der Waals surface area contributed by atoms with Gasteiger partial charge in [-0.1, -0.05) is 11.6 Å². The molecular weight excluding hydrogens is 221 g/mol. The van der Waals surface area contributed by atoms with Crippen LogP contribution in [0.4, 0.5) is 5.69 Å². The van der Waals surface area contributed by atoms with Crippen molar-refractivity contribution in [3.8, 4) is 0 Å². The van der Waals surface area contributed by atoms with E-state index >= 15 is 0 Å². The summed E-state index contributed by atoms with van der Waals surface area (Å²) in [5.41, 5.74) is 6.30. The molecule has 0 radical (unpaired) electrons. The van der Waals surface area contributed by atoms with Gasteiger partial charge in [-0.25, -0.2) is 8.42 Å². The van der Waals surface area contributed by atoms with Gasteiger partial charge in [0.05, 0.1) is 9.92 Å². The minimum Gasteiger partial charge on any atom is -0.744 e. The molecule has 14 heavy (non-hydrogen) atoms. The van der Waals surface area contributed by atoms with Crippen molar-refractivity contribution in [2.75, 3.05) is 5.73 Å². The average molecular weight is 228 g/mol. The van der Waals surface area contributed by atoms with E-state index in [4.69, 9.17) is 17.3 Å². The Morgan fingerprint density at radius 3 is 2.36 bits per heavy atom. The third kappa shape index (κ3) is 2.91. The molecule has 1 rings (SSSR count). The maximum absolute atomic E-state index is 10.6. The van der Waals surface area contributed by atoms with E-state index in [9.17, 15) is 13.0 Å². The summed E-state index contributed by atoms with van der Waals surface area (Å²) >= 11 is 5.55. The van der Waals surface area contributed by atoms with Crippen LogP contribution in [0.5, 0.6) is 0 Å². The molecule has 2 N–H and O–H groups in total. The van der Waals surface area contributed by atoms with Crippen LogP contribution in [0.15, 0.2) is 17.0 Å². The second kappa shape index (κ2) is 4.56. The van der Waals surface area contributed by atoms with E-state index in [0.717, 1.165) is 6.07 Å². The van der Waals surface area contributed by atoms with E-state index in [0.29, 0.717) is 5.56 Å². The summed E-state index contributed by atoms with van der Waals surface area (Å²) in [4.78, 5) is -0.475. The van der Waals surface area contributed by atoms with Gasteiger partial charge < -0.3 is 10.3 Å². The molecule has 0 amide bonds. The van der Waals surface area contributed by atoms with Gasteiger partial charge in [0.25, 0.3) is 0 Å². The number of hydrogen-bond donors (Lipinski definition) is 1. The van der Waals surface area contributed by atoms with Crippen LogP contribution in [-0.2, 0) is 10.1 Å². The molecule has 0 unspecified atom stereocenters. The third-order valence-electron chi connectivity index (χ3n) is 1.59. The fourth-order valence-electron chi connectivity index (χ4n) is 0.860. The topological polar surface area (TPSA) is 83.2 Å². The fraction of sp³-hybridized carbons (Fsp3) is 0.143. The normalized spacial score (nSPS) is 10.8. The van der Waals surface area contributed by atoms with Crippen molar-refractivity contribution in [2.24, 2.45) is 0 Å². The summed E-state index contributed by atoms with van der Waals surface area (Å²) in [5.74, 6) is 0.